The van der Waals surface area contributed by atoms with Crippen molar-refractivity contribution in [3.63, 3.8) is 0 Å². The molecule has 3 rings (SSSR count). The third-order valence-corrected chi connectivity index (χ3v) is 6.60. The minimum Gasteiger partial charge on any atom is -0.385 e. The fourth-order valence-electron chi connectivity index (χ4n) is 3.99. The van der Waals surface area contributed by atoms with Crippen molar-refractivity contribution in [1.82, 2.24) is 20.5 Å². The molecule has 0 aromatic carbocycles. The van der Waals surface area contributed by atoms with Gasteiger partial charge in [0, 0.05) is 77.4 Å². The maximum absolute atomic E-state index is 5.16. The zero-order valence-corrected chi connectivity index (χ0v) is 19.0. The number of rotatable bonds is 10. The summed E-state index contributed by atoms with van der Waals surface area (Å²) in [5.41, 5.74) is 1.17. The quantitative estimate of drug-likeness (QED) is 0.343. The Labute approximate surface area is 179 Å². The van der Waals surface area contributed by atoms with E-state index in [2.05, 4.69) is 32.7 Å². The Kier molecular flexibility index (Phi) is 9.50. The highest BCUT2D eigenvalue weighted by molar-refractivity contribution is 7.13. The monoisotopic (exact) mass is 422 g/mol. The first-order valence-electron chi connectivity index (χ1n) is 11.2. The average Bonchev–Trinajstić information content (AvgIpc) is 3.41. The second kappa shape index (κ2) is 12.3. The van der Waals surface area contributed by atoms with Crippen molar-refractivity contribution in [2.24, 2.45) is 4.99 Å². The van der Waals surface area contributed by atoms with Crippen LogP contribution >= 0.6 is 11.3 Å². The Morgan fingerprint density at radius 3 is 2.79 bits per heavy atom. The van der Waals surface area contributed by atoms with Crippen molar-refractivity contribution < 1.29 is 4.74 Å². The molecule has 1 aromatic heterocycles. The van der Waals surface area contributed by atoms with E-state index in [1.54, 1.807) is 18.4 Å². The first kappa shape index (κ1) is 22.3. The predicted molar refractivity (Wildman–Crippen MR) is 122 cm³/mol. The lowest BCUT2D eigenvalue weighted by Crippen LogP contribution is -2.49. The summed E-state index contributed by atoms with van der Waals surface area (Å²) in [4.78, 5) is 14.6. The number of aromatic nitrogens is 1. The summed E-state index contributed by atoms with van der Waals surface area (Å²) in [5, 5.41) is 10.4. The van der Waals surface area contributed by atoms with Crippen LogP contribution in [0.5, 0.6) is 0 Å². The lowest BCUT2D eigenvalue weighted by Gasteiger charge is -2.33. The Balaban J connectivity index is 1.40. The number of thiazole rings is 1. The van der Waals surface area contributed by atoms with E-state index in [1.807, 2.05) is 0 Å². The number of anilines is 1. The van der Waals surface area contributed by atoms with Crippen LogP contribution in [0.15, 0.2) is 10.4 Å². The minimum atomic E-state index is 0.507. The number of methoxy groups -OCH3 is 1. The Bertz CT molecular complexity index is 608. The molecule has 2 fully saturated rings. The third-order valence-electron chi connectivity index (χ3n) is 5.65. The summed E-state index contributed by atoms with van der Waals surface area (Å²) in [6.45, 7) is 10.4. The molecule has 0 aliphatic carbocycles. The molecule has 8 heteroatoms. The van der Waals surface area contributed by atoms with Crippen LogP contribution in [0.4, 0.5) is 5.13 Å². The van der Waals surface area contributed by atoms with Crippen LogP contribution in [0.3, 0.4) is 0 Å². The second-order valence-electron chi connectivity index (χ2n) is 7.93. The van der Waals surface area contributed by atoms with Crippen LogP contribution in [-0.2, 0) is 11.2 Å². The van der Waals surface area contributed by atoms with Gasteiger partial charge in [0.05, 0.1) is 5.69 Å². The van der Waals surface area contributed by atoms with Gasteiger partial charge in [-0.1, -0.05) is 0 Å². The number of piperidine rings is 1. The number of nitrogens with zero attached hydrogens (tertiary/aromatic N) is 4. The van der Waals surface area contributed by atoms with Crippen molar-refractivity contribution in [2.45, 2.75) is 51.5 Å². The van der Waals surface area contributed by atoms with E-state index in [0.29, 0.717) is 6.04 Å². The lowest BCUT2D eigenvalue weighted by atomic mass is 10.1. The van der Waals surface area contributed by atoms with Crippen molar-refractivity contribution in [2.75, 3.05) is 64.4 Å². The summed E-state index contributed by atoms with van der Waals surface area (Å²) >= 11 is 1.77. The highest BCUT2D eigenvalue weighted by Gasteiger charge is 2.19. The molecule has 2 saturated heterocycles. The number of likely N-dealkylation sites (tertiary alicyclic amines) is 1. The van der Waals surface area contributed by atoms with E-state index < -0.39 is 0 Å². The van der Waals surface area contributed by atoms with Gasteiger partial charge < -0.3 is 25.2 Å². The first-order valence-corrected chi connectivity index (χ1v) is 12.1. The molecule has 0 spiro atoms. The van der Waals surface area contributed by atoms with Crippen LogP contribution in [0, 0.1) is 0 Å². The summed E-state index contributed by atoms with van der Waals surface area (Å²) in [6.07, 6.45) is 6.95. The van der Waals surface area contributed by atoms with Gasteiger partial charge >= 0.3 is 0 Å². The maximum Gasteiger partial charge on any atom is 0.191 e. The second-order valence-corrected chi connectivity index (χ2v) is 8.77. The molecule has 2 N–H and O–H groups in total. The molecular formula is C21H38N6OS. The molecule has 0 saturated carbocycles. The van der Waals surface area contributed by atoms with Crippen LogP contribution in [-0.4, -0.2) is 81.4 Å². The third kappa shape index (κ3) is 7.42. The van der Waals surface area contributed by atoms with Gasteiger partial charge in [-0.15, -0.1) is 11.3 Å². The highest BCUT2D eigenvalue weighted by atomic mass is 32.1. The van der Waals surface area contributed by atoms with Crippen molar-refractivity contribution in [3.8, 4) is 0 Å². The van der Waals surface area contributed by atoms with E-state index in [4.69, 9.17) is 14.7 Å². The molecule has 2 aliphatic heterocycles. The molecule has 7 nitrogen and oxygen atoms in total. The van der Waals surface area contributed by atoms with E-state index in [0.717, 1.165) is 71.2 Å². The maximum atomic E-state index is 5.16. The van der Waals surface area contributed by atoms with Crippen LogP contribution < -0.4 is 15.5 Å². The van der Waals surface area contributed by atoms with Crippen LogP contribution in [0.1, 0.15) is 44.7 Å². The average molecular weight is 423 g/mol. The Hall–Kier alpha value is -1.38. The first-order chi connectivity index (χ1) is 14.3. The van der Waals surface area contributed by atoms with Gasteiger partial charge in [-0.2, -0.15) is 0 Å². The molecule has 1 aromatic rings. The summed E-state index contributed by atoms with van der Waals surface area (Å²) in [7, 11) is 1.78. The highest BCUT2D eigenvalue weighted by Crippen LogP contribution is 2.24. The molecule has 0 bridgehead atoms. The molecule has 0 radical (unpaired) electrons. The largest absolute Gasteiger partial charge is 0.385 e. The molecule has 29 heavy (non-hydrogen) atoms. The molecule has 0 amide bonds. The van der Waals surface area contributed by atoms with Crippen LogP contribution in [0.25, 0.3) is 0 Å². The SMILES string of the molecule is CCNC(=NCCc1csc(N2CCCC2)n1)NC1CCN(CCCOC)CC1. The summed E-state index contributed by atoms with van der Waals surface area (Å²) in [6, 6.07) is 0.507. The zero-order valence-electron chi connectivity index (χ0n) is 18.2. The standard InChI is InChI=1S/C21H38N6OS/c1-3-22-20(24-18-8-14-26(15-9-18)11-6-16-28-2)23-10-7-19-17-29-21(25-19)27-12-4-5-13-27/h17-18H,3-16H2,1-2H3,(H2,22,23,24). The van der Waals surface area contributed by atoms with E-state index >= 15 is 0 Å². The topological polar surface area (TPSA) is 65.0 Å². The van der Waals surface area contributed by atoms with Gasteiger partial charge in [0.1, 0.15) is 0 Å². The molecular weight excluding hydrogens is 384 g/mol. The molecule has 164 valence electrons. The predicted octanol–water partition coefficient (Wildman–Crippen LogP) is 2.34. The Morgan fingerprint density at radius 2 is 2.07 bits per heavy atom. The van der Waals surface area contributed by atoms with Gasteiger partial charge in [0.2, 0.25) is 0 Å². The number of hydrogen-bond acceptors (Lipinski definition) is 6. The summed E-state index contributed by atoms with van der Waals surface area (Å²) in [5.74, 6) is 0.945. The van der Waals surface area contributed by atoms with E-state index in [1.165, 1.54) is 36.5 Å². The Morgan fingerprint density at radius 1 is 1.28 bits per heavy atom. The number of hydrogen-bond donors (Lipinski definition) is 2. The molecule has 2 aliphatic rings. The van der Waals surface area contributed by atoms with Crippen molar-refractivity contribution in [3.05, 3.63) is 11.1 Å². The fourth-order valence-corrected chi connectivity index (χ4v) is 4.91. The zero-order chi connectivity index (χ0) is 20.3. The van der Waals surface area contributed by atoms with Gasteiger partial charge in [-0.25, -0.2) is 4.98 Å². The lowest BCUT2D eigenvalue weighted by molar-refractivity contribution is 0.155. The molecule has 0 atom stereocenters. The number of ether oxygens (including phenoxy) is 1. The van der Waals surface area contributed by atoms with Gasteiger partial charge in [-0.3, -0.25) is 4.99 Å². The number of aliphatic imine (C=N–C) groups is 1. The van der Waals surface area contributed by atoms with Gasteiger partial charge in [0.25, 0.3) is 0 Å². The fraction of sp³-hybridized carbons (Fsp3) is 0.810. The van der Waals surface area contributed by atoms with Crippen molar-refractivity contribution in [1.29, 1.82) is 0 Å². The minimum absolute atomic E-state index is 0.507. The normalized spacial score (nSPS) is 19.1. The number of nitrogens with one attached hydrogen (secondary N) is 2. The molecule has 3 heterocycles. The van der Waals surface area contributed by atoms with Gasteiger partial charge in [0.15, 0.2) is 11.1 Å². The van der Waals surface area contributed by atoms with Crippen LogP contribution in [0.2, 0.25) is 0 Å². The van der Waals surface area contributed by atoms with E-state index in [9.17, 15) is 0 Å². The van der Waals surface area contributed by atoms with E-state index in [-0.39, 0.29) is 0 Å². The molecule has 0 unspecified atom stereocenters. The smallest absolute Gasteiger partial charge is 0.191 e. The number of guanidine groups is 1. The van der Waals surface area contributed by atoms with Gasteiger partial charge in [-0.05, 0) is 39.0 Å². The summed E-state index contributed by atoms with van der Waals surface area (Å²) < 4.78 is 5.16. The van der Waals surface area contributed by atoms with Crippen molar-refractivity contribution >= 4 is 22.4 Å².